The van der Waals surface area contributed by atoms with Crippen LogP contribution in [0.4, 0.5) is 0 Å². The van der Waals surface area contributed by atoms with Crippen LogP contribution in [0.25, 0.3) is 0 Å². The van der Waals surface area contributed by atoms with Gasteiger partial charge in [0.15, 0.2) is 9.84 Å². The van der Waals surface area contributed by atoms with E-state index in [2.05, 4.69) is 5.32 Å². The van der Waals surface area contributed by atoms with Crippen LogP contribution >= 0.6 is 0 Å². The summed E-state index contributed by atoms with van der Waals surface area (Å²) in [6, 6.07) is 7.55. The molecule has 0 bridgehead atoms. The Labute approximate surface area is 107 Å². The Balaban J connectivity index is 2.06. The molecule has 1 saturated heterocycles. The zero-order valence-electron chi connectivity index (χ0n) is 10.3. The Bertz CT molecular complexity index is 555. The Morgan fingerprint density at radius 3 is 2.94 bits per heavy atom. The fourth-order valence-electron chi connectivity index (χ4n) is 2.80. The van der Waals surface area contributed by atoms with Crippen molar-refractivity contribution in [2.75, 3.05) is 18.9 Å². The van der Waals surface area contributed by atoms with E-state index in [0.29, 0.717) is 0 Å². The van der Waals surface area contributed by atoms with Gasteiger partial charge < -0.3 is 10.1 Å². The minimum atomic E-state index is -3.10. The summed E-state index contributed by atoms with van der Waals surface area (Å²) in [4.78, 5) is 0. The summed E-state index contributed by atoms with van der Waals surface area (Å²) in [6.45, 7) is 2.95. The molecule has 1 aromatic carbocycles. The van der Waals surface area contributed by atoms with Gasteiger partial charge in [-0.2, -0.15) is 0 Å². The normalized spacial score (nSPS) is 33.7. The maximum absolute atomic E-state index is 12.3. The van der Waals surface area contributed by atoms with Gasteiger partial charge in [-0.05, 0) is 18.5 Å². The van der Waals surface area contributed by atoms with E-state index in [0.717, 1.165) is 17.9 Å². The number of para-hydroxylation sites is 1. The highest BCUT2D eigenvalue weighted by atomic mass is 32.2. The van der Waals surface area contributed by atoms with E-state index in [1.807, 2.05) is 31.2 Å². The van der Waals surface area contributed by atoms with Gasteiger partial charge in [-0.3, -0.25) is 0 Å². The van der Waals surface area contributed by atoms with Gasteiger partial charge in [-0.25, -0.2) is 8.42 Å². The summed E-state index contributed by atoms with van der Waals surface area (Å²) in [6.07, 6.45) is 0. The number of hydrogen-bond acceptors (Lipinski definition) is 4. The second kappa shape index (κ2) is 4.24. The Morgan fingerprint density at radius 1 is 1.33 bits per heavy atom. The minimum absolute atomic E-state index is 0.134. The van der Waals surface area contributed by atoms with Crippen LogP contribution in [0.15, 0.2) is 24.3 Å². The Morgan fingerprint density at radius 2 is 2.11 bits per heavy atom. The average Bonchev–Trinajstić information content (AvgIpc) is 2.45. The van der Waals surface area contributed by atoms with Crippen molar-refractivity contribution in [3.8, 4) is 5.75 Å². The fraction of sp³-hybridized carbons (Fsp3) is 0.538. The summed E-state index contributed by atoms with van der Waals surface area (Å²) in [7, 11) is -3.10. The molecular weight excluding hydrogens is 250 g/mol. The number of fused-ring (bicyclic) bond motifs is 3. The van der Waals surface area contributed by atoms with Gasteiger partial charge in [0, 0.05) is 5.56 Å². The molecule has 1 N–H and O–H groups in total. The molecular formula is C13H17NO3S. The molecule has 4 nitrogen and oxygen atoms in total. The van der Waals surface area contributed by atoms with E-state index in [1.165, 1.54) is 0 Å². The predicted molar refractivity (Wildman–Crippen MR) is 69.4 cm³/mol. The standard InChI is InChI=1S/C13H17NO3S/c1-9-6-14-13-10-4-2-3-5-11(10)17-7-12(13)18(15,16)8-9/h2-5,9,12-14H,6-8H2,1H3. The van der Waals surface area contributed by atoms with Crippen molar-refractivity contribution < 1.29 is 13.2 Å². The second-order valence-corrected chi connectivity index (χ2v) is 7.47. The summed E-state index contributed by atoms with van der Waals surface area (Å²) >= 11 is 0. The molecule has 0 amide bonds. The SMILES string of the molecule is CC1CNC2c3ccccc3OCC2S(=O)(=O)C1. The van der Waals surface area contributed by atoms with Crippen LogP contribution in [0, 0.1) is 5.92 Å². The highest BCUT2D eigenvalue weighted by molar-refractivity contribution is 7.92. The van der Waals surface area contributed by atoms with E-state index in [1.54, 1.807) is 0 Å². The van der Waals surface area contributed by atoms with Gasteiger partial charge in [-0.15, -0.1) is 0 Å². The molecule has 3 unspecified atom stereocenters. The van der Waals surface area contributed by atoms with Crippen molar-refractivity contribution in [3.05, 3.63) is 29.8 Å². The van der Waals surface area contributed by atoms with E-state index < -0.39 is 15.1 Å². The summed E-state index contributed by atoms with van der Waals surface area (Å²) in [5.41, 5.74) is 0.964. The van der Waals surface area contributed by atoms with Crippen LogP contribution in [-0.4, -0.2) is 32.6 Å². The van der Waals surface area contributed by atoms with Gasteiger partial charge in [0.2, 0.25) is 0 Å². The molecule has 1 fully saturated rings. The first kappa shape index (κ1) is 12.0. The van der Waals surface area contributed by atoms with Crippen molar-refractivity contribution in [1.29, 1.82) is 0 Å². The number of nitrogens with one attached hydrogen (secondary N) is 1. The Kier molecular flexibility index (Phi) is 2.83. The highest BCUT2D eigenvalue weighted by Gasteiger charge is 2.42. The molecule has 3 atom stereocenters. The van der Waals surface area contributed by atoms with Crippen LogP contribution in [0.1, 0.15) is 18.5 Å². The third-order valence-corrected chi connectivity index (χ3v) is 6.06. The largest absolute Gasteiger partial charge is 0.492 e. The number of hydrogen-bond donors (Lipinski definition) is 1. The number of benzene rings is 1. The molecule has 2 heterocycles. The van der Waals surface area contributed by atoms with E-state index in [-0.39, 0.29) is 24.3 Å². The van der Waals surface area contributed by atoms with Gasteiger partial charge in [0.1, 0.15) is 17.6 Å². The van der Waals surface area contributed by atoms with Crippen molar-refractivity contribution in [2.24, 2.45) is 5.92 Å². The predicted octanol–water partition coefficient (Wildman–Crippen LogP) is 1.14. The molecule has 0 spiro atoms. The number of sulfone groups is 1. The van der Waals surface area contributed by atoms with Crippen LogP contribution in [0.2, 0.25) is 0 Å². The summed E-state index contributed by atoms with van der Waals surface area (Å²) < 4.78 is 30.3. The molecule has 1 aromatic rings. The van der Waals surface area contributed by atoms with Crippen LogP contribution in [0.5, 0.6) is 5.75 Å². The molecule has 18 heavy (non-hydrogen) atoms. The lowest BCUT2D eigenvalue weighted by Crippen LogP contribution is -2.42. The van der Waals surface area contributed by atoms with Crippen molar-refractivity contribution in [2.45, 2.75) is 18.2 Å². The molecule has 0 radical (unpaired) electrons. The molecule has 3 rings (SSSR count). The maximum atomic E-state index is 12.3. The first-order chi connectivity index (χ1) is 8.58. The third kappa shape index (κ3) is 1.91. The first-order valence-electron chi connectivity index (χ1n) is 6.24. The lowest BCUT2D eigenvalue weighted by Gasteiger charge is -2.32. The molecule has 0 aliphatic carbocycles. The summed E-state index contributed by atoms with van der Waals surface area (Å²) in [5.74, 6) is 1.19. The number of ether oxygens (including phenoxy) is 1. The monoisotopic (exact) mass is 267 g/mol. The van der Waals surface area contributed by atoms with E-state index in [9.17, 15) is 8.42 Å². The zero-order valence-corrected chi connectivity index (χ0v) is 11.1. The maximum Gasteiger partial charge on any atom is 0.158 e. The van der Waals surface area contributed by atoms with Crippen LogP contribution in [-0.2, 0) is 9.84 Å². The Hall–Kier alpha value is -1.07. The smallest absolute Gasteiger partial charge is 0.158 e. The molecule has 2 aliphatic heterocycles. The quantitative estimate of drug-likeness (QED) is 0.766. The van der Waals surface area contributed by atoms with E-state index >= 15 is 0 Å². The highest BCUT2D eigenvalue weighted by Crippen LogP contribution is 2.36. The molecule has 5 heteroatoms. The number of rotatable bonds is 0. The van der Waals surface area contributed by atoms with Crippen LogP contribution < -0.4 is 10.1 Å². The molecule has 0 saturated carbocycles. The van der Waals surface area contributed by atoms with Gasteiger partial charge in [0.05, 0.1) is 11.8 Å². The van der Waals surface area contributed by atoms with Crippen molar-refractivity contribution >= 4 is 9.84 Å². The van der Waals surface area contributed by atoms with Gasteiger partial charge in [0.25, 0.3) is 0 Å². The van der Waals surface area contributed by atoms with Gasteiger partial charge in [-0.1, -0.05) is 25.1 Å². The topological polar surface area (TPSA) is 55.4 Å². The van der Waals surface area contributed by atoms with Crippen LogP contribution in [0.3, 0.4) is 0 Å². The molecule has 2 aliphatic rings. The van der Waals surface area contributed by atoms with E-state index in [4.69, 9.17) is 4.74 Å². The fourth-order valence-corrected chi connectivity index (χ4v) is 4.89. The lowest BCUT2D eigenvalue weighted by molar-refractivity contribution is 0.256. The van der Waals surface area contributed by atoms with Gasteiger partial charge >= 0.3 is 0 Å². The zero-order chi connectivity index (χ0) is 12.8. The first-order valence-corrected chi connectivity index (χ1v) is 7.96. The summed E-state index contributed by atoms with van der Waals surface area (Å²) in [5, 5.41) is 2.93. The second-order valence-electron chi connectivity index (χ2n) is 5.21. The van der Waals surface area contributed by atoms with Crippen molar-refractivity contribution in [1.82, 2.24) is 5.32 Å². The minimum Gasteiger partial charge on any atom is -0.492 e. The molecule has 98 valence electrons. The average molecular weight is 267 g/mol. The third-order valence-electron chi connectivity index (χ3n) is 3.69. The lowest BCUT2D eigenvalue weighted by atomic mass is 10.00. The van der Waals surface area contributed by atoms with Crippen molar-refractivity contribution in [3.63, 3.8) is 0 Å². The molecule has 0 aromatic heterocycles.